The molecule has 1 rings (SSSR count). The van der Waals surface area contributed by atoms with Gasteiger partial charge in [0.25, 0.3) is 0 Å². The van der Waals surface area contributed by atoms with Crippen LogP contribution >= 0.6 is 11.8 Å². The number of hydrogen-bond donors (Lipinski definition) is 1. The first-order valence-electron chi connectivity index (χ1n) is 5.62. The molecule has 0 saturated carbocycles. The smallest absolute Gasteiger partial charge is 0.315 e. The van der Waals surface area contributed by atoms with Crippen molar-refractivity contribution in [1.29, 1.82) is 0 Å². The van der Waals surface area contributed by atoms with E-state index in [1.54, 1.807) is 7.11 Å². The molecule has 1 aromatic carbocycles. The molecule has 0 fully saturated rings. The van der Waals surface area contributed by atoms with Crippen molar-refractivity contribution in [2.75, 3.05) is 26.6 Å². The fourth-order valence-corrected chi connectivity index (χ4v) is 2.19. The quantitative estimate of drug-likeness (QED) is 0.653. The van der Waals surface area contributed by atoms with Crippen molar-refractivity contribution in [2.24, 2.45) is 0 Å². The summed E-state index contributed by atoms with van der Waals surface area (Å²) in [4.78, 5) is 11.0. The van der Waals surface area contributed by atoms with Gasteiger partial charge in [0.05, 0.1) is 25.5 Å². The molecule has 5 heteroatoms. The Labute approximate surface area is 117 Å². The average Bonchev–Trinajstić information content (AvgIpc) is 2.45. The monoisotopic (exact) mass is 280 g/mol. The van der Waals surface area contributed by atoms with Crippen LogP contribution in [0.1, 0.15) is 11.1 Å². The minimum atomic E-state index is -0.237. The zero-order valence-corrected chi connectivity index (χ0v) is 11.8. The van der Waals surface area contributed by atoms with Crippen molar-refractivity contribution in [3.63, 3.8) is 0 Å². The molecule has 0 atom stereocenters. The highest BCUT2D eigenvalue weighted by molar-refractivity contribution is 7.99. The maximum atomic E-state index is 11.0. The Morgan fingerprint density at radius 3 is 2.84 bits per heavy atom. The molecule has 19 heavy (non-hydrogen) atoms. The van der Waals surface area contributed by atoms with Gasteiger partial charge in [-0.15, -0.1) is 11.8 Å². The van der Waals surface area contributed by atoms with E-state index >= 15 is 0 Å². The minimum Gasteiger partial charge on any atom is -0.495 e. The van der Waals surface area contributed by atoms with E-state index in [0.29, 0.717) is 17.3 Å². The van der Waals surface area contributed by atoms with E-state index in [1.807, 2.05) is 18.2 Å². The fraction of sp³-hybridized carbons (Fsp3) is 0.357. The van der Waals surface area contributed by atoms with Crippen LogP contribution < -0.4 is 4.74 Å². The van der Waals surface area contributed by atoms with E-state index in [0.717, 1.165) is 11.1 Å². The molecule has 0 heterocycles. The van der Waals surface area contributed by atoms with Gasteiger partial charge in [-0.05, 0) is 17.7 Å². The summed E-state index contributed by atoms with van der Waals surface area (Å²) in [5.74, 6) is 6.87. The number of thioether (sulfide) groups is 1. The zero-order valence-electron chi connectivity index (χ0n) is 10.9. The number of hydrogen-bond acceptors (Lipinski definition) is 5. The predicted octanol–water partition coefficient (Wildman–Crippen LogP) is 1.45. The maximum absolute atomic E-state index is 11.0. The van der Waals surface area contributed by atoms with Gasteiger partial charge in [0.15, 0.2) is 0 Å². The SMILES string of the molecule is COC(=O)CSCc1ccc(OC)c(C#CCO)c1. The Morgan fingerprint density at radius 2 is 2.21 bits per heavy atom. The molecular formula is C14H16O4S. The van der Waals surface area contributed by atoms with Gasteiger partial charge in [-0.1, -0.05) is 17.9 Å². The largest absolute Gasteiger partial charge is 0.495 e. The van der Waals surface area contributed by atoms with E-state index in [4.69, 9.17) is 9.84 Å². The minimum absolute atomic E-state index is 0.190. The van der Waals surface area contributed by atoms with E-state index in [2.05, 4.69) is 16.6 Å². The summed E-state index contributed by atoms with van der Waals surface area (Å²) >= 11 is 1.47. The number of carbonyl (C=O) groups is 1. The van der Waals surface area contributed by atoms with Crippen molar-refractivity contribution < 1.29 is 19.4 Å². The number of carbonyl (C=O) groups excluding carboxylic acids is 1. The standard InChI is InChI=1S/C14H16O4S/c1-17-13-6-5-11(8-12(13)4-3-7-15)9-19-10-14(16)18-2/h5-6,8,15H,7,9-10H2,1-2H3. The first-order chi connectivity index (χ1) is 9.21. The second-order valence-electron chi connectivity index (χ2n) is 3.56. The van der Waals surface area contributed by atoms with Crippen LogP contribution in [0.25, 0.3) is 0 Å². The fourth-order valence-electron chi connectivity index (χ4n) is 1.39. The van der Waals surface area contributed by atoms with Gasteiger partial charge < -0.3 is 14.6 Å². The highest BCUT2D eigenvalue weighted by Gasteiger charge is 2.04. The summed E-state index contributed by atoms with van der Waals surface area (Å²) in [7, 11) is 2.95. The molecule has 0 bridgehead atoms. The first-order valence-corrected chi connectivity index (χ1v) is 6.78. The summed E-state index contributed by atoms with van der Waals surface area (Å²) < 4.78 is 9.76. The lowest BCUT2D eigenvalue weighted by atomic mass is 10.1. The van der Waals surface area contributed by atoms with Crippen LogP contribution in [0.4, 0.5) is 0 Å². The number of rotatable bonds is 5. The number of aliphatic hydroxyl groups excluding tert-OH is 1. The molecule has 1 aromatic rings. The van der Waals surface area contributed by atoms with Crippen LogP contribution in [0.5, 0.6) is 5.75 Å². The highest BCUT2D eigenvalue weighted by atomic mass is 32.2. The molecule has 0 aliphatic heterocycles. The second-order valence-corrected chi connectivity index (χ2v) is 4.55. The Kier molecular flexibility index (Phi) is 6.86. The van der Waals surface area contributed by atoms with Crippen molar-refractivity contribution >= 4 is 17.7 Å². The van der Waals surface area contributed by atoms with Gasteiger partial charge in [-0.25, -0.2) is 0 Å². The Morgan fingerprint density at radius 1 is 1.42 bits per heavy atom. The molecule has 0 amide bonds. The number of ether oxygens (including phenoxy) is 2. The van der Waals surface area contributed by atoms with Crippen LogP contribution in [0, 0.1) is 11.8 Å². The number of aliphatic hydroxyl groups is 1. The van der Waals surface area contributed by atoms with Crippen molar-refractivity contribution in [2.45, 2.75) is 5.75 Å². The normalized spacial score (nSPS) is 9.42. The maximum Gasteiger partial charge on any atom is 0.315 e. The molecule has 0 saturated heterocycles. The predicted molar refractivity (Wildman–Crippen MR) is 75.1 cm³/mol. The molecule has 0 aliphatic rings. The molecule has 0 aromatic heterocycles. The Bertz CT molecular complexity index is 488. The molecule has 0 aliphatic carbocycles. The van der Waals surface area contributed by atoms with Gasteiger partial charge in [0.2, 0.25) is 0 Å². The number of methoxy groups -OCH3 is 2. The summed E-state index contributed by atoms with van der Waals surface area (Å²) in [6.07, 6.45) is 0. The van der Waals surface area contributed by atoms with Gasteiger partial charge >= 0.3 is 5.97 Å². The first kappa shape index (κ1) is 15.4. The lowest BCUT2D eigenvalue weighted by Crippen LogP contribution is -2.03. The molecule has 0 unspecified atom stereocenters. The molecule has 0 spiro atoms. The lowest BCUT2D eigenvalue weighted by Gasteiger charge is -2.06. The molecule has 1 N–H and O–H groups in total. The summed E-state index contributed by atoms with van der Waals surface area (Å²) in [6, 6.07) is 5.65. The van der Waals surface area contributed by atoms with E-state index < -0.39 is 0 Å². The number of benzene rings is 1. The molecule has 102 valence electrons. The molecule has 4 nitrogen and oxygen atoms in total. The van der Waals surface area contributed by atoms with E-state index in [1.165, 1.54) is 18.9 Å². The molecular weight excluding hydrogens is 264 g/mol. The van der Waals surface area contributed by atoms with E-state index in [-0.39, 0.29) is 12.6 Å². The van der Waals surface area contributed by atoms with Gasteiger partial charge in [0.1, 0.15) is 12.4 Å². The van der Waals surface area contributed by atoms with Crippen molar-refractivity contribution in [1.82, 2.24) is 0 Å². The van der Waals surface area contributed by atoms with Gasteiger partial charge in [0, 0.05) is 5.75 Å². The van der Waals surface area contributed by atoms with Crippen molar-refractivity contribution in [3.05, 3.63) is 29.3 Å². The average molecular weight is 280 g/mol. The molecule has 0 radical (unpaired) electrons. The Balaban J connectivity index is 2.72. The Hall–Kier alpha value is -1.64. The van der Waals surface area contributed by atoms with Crippen molar-refractivity contribution in [3.8, 4) is 17.6 Å². The third-order valence-corrected chi connectivity index (χ3v) is 3.26. The summed E-state index contributed by atoms with van der Waals surface area (Å²) in [5.41, 5.74) is 1.77. The topological polar surface area (TPSA) is 55.8 Å². The lowest BCUT2D eigenvalue weighted by molar-refractivity contribution is -0.137. The third-order valence-electron chi connectivity index (χ3n) is 2.28. The van der Waals surface area contributed by atoms with Gasteiger partial charge in [-0.3, -0.25) is 4.79 Å². The van der Waals surface area contributed by atoms with Crippen LogP contribution in [-0.2, 0) is 15.3 Å². The second kappa shape index (κ2) is 8.46. The summed E-state index contributed by atoms with van der Waals surface area (Å²) in [5, 5.41) is 8.72. The van der Waals surface area contributed by atoms with Crippen LogP contribution in [0.2, 0.25) is 0 Å². The van der Waals surface area contributed by atoms with Crippen LogP contribution in [0.15, 0.2) is 18.2 Å². The highest BCUT2D eigenvalue weighted by Crippen LogP contribution is 2.21. The number of esters is 1. The van der Waals surface area contributed by atoms with Crippen LogP contribution in [0.3, 0.4) is 0 Å². The van der Waals surface area contributed by atoms with Crippen LogP contribution in [-0.4, -0.2) is 37.7 Å². The zero-order chi connectivity index (χ0) is 14.1. The third kappa shape index (κ3) is 5.25. The van der Waals surface area contributed by atoms with Gasteiger partial charge in [-0.2, -0.15) is 0 Å². The summed E-state index contributed by atoms with van der Waals surface area (Å²) in [6.45, 7) is -0.190. The van der Waals surface area contributed by atoms with E-state index in [9.17, 15) is 4.79 Å².